The molecule has 3 heteroatoms. The van der Waals surface area contributed by atoms with Crippen LogP contribution in [-0.2, 0) is 0 Å². The van der Waals surface area contributed by atoms with Crippen molar-refractivity contribution < 1.29 is 4.74 Å². The zero-order chi connectivity index (χ0) is 14.5. The van der Waals surface area contributed by atoms with Crippen LogP contribution in [0, 0.1) is 0 Å². The van der Waals surface area contributed by atoms with Crippen molar-refractivity contribution in [2.75, 3.05) is 12.4 Å². The Bertz CT molecular complexity index is 742. The molecular formula is C18H15BrOS. The molecule has 3 aromatic rings. The van der Waals surface area contributed by atoms with Gasteiger partial charge in [-0.15, -0.1) is 11.8 Å². The largest absolute Gasteiger partial charge is 0.493 e. The highest BCUT2D eigenvalue weighted by atomic mass is 79.9. The van der Waals surface area contributed by atoms with Gasteiger partial charge in [0.1, 0.15) is 5.75 Å². The van der Waals surface area contributed by atoms with E-state index >= 15 is 0 Å². The molecule has 0 atom stereocenters. The van der Waals surface area contributed by atoms with Crippen molar-refractivity contribution in [3.05, 3.63) is 71.2 Å². The minimum absolute atomic E-state index is 0.702. The highest BCUT2D eigenvalue weighted by molar-refractivity contribution is 9.10. The van der Waals surface area contributed by atoms with E-state index in [4.69, 9.17) is 4.74 Å². The average molecular weight is 359 g/mol. The lowest BCUT2D eigenvalue weighted by atomic mass is 10.1. The summed E-state index contributed by atoms with van der Waals surface area (Å²) in [5.74, 6) is 1.84. The van der Waals surface area contributed by atoms with E-state index in [2.05, 4.69) is 58.4 Å². The molecule has 0 bridgehead atoms. The van der Waals surface area contributed by atoms with Crippen molar-refractivity contribution in [1.82, 2.24) is 0 Å². The Morgan fingerprint density at radius 3 is 2.57 bits per heavy atom. The van der Waals surface area contributed by atoms with Crippen LogP contribution in [-0.4, -0.2) is 12.4 Å². The van der Waals surface area contributed by atoms with Gasteiger partial charge >= 0.3 is 0 Å². The van der Waals surface area contributed by atoms with Crippen molar-refractivity contribution >= 4 is 38.5 Å². The highest BCUT2D eigenvalue weighted by Crippen LogP contribution is 2.24. The molecule has 0 spiro atoms. The molecule has 1 nitrogen and oxygen atoms in total. The van der Waals surface area contributed by atoms with Gasteiger partial charge in [-0.3, -0.25) is 0 Å². The molecule has 0 aliphatic rings. The van der Waals surface area contributed by atoms with E-state index in [0.717, 1.165) is 16.0 Å². The van der Waals surface area contributed by atoms with E-state index in [1.807, 2.05) is 36.0 Å². The quantitative estimate of drug-likeness (QED) is 0.422. The average Bonchev–Trinajstić information content (AvgIpc) is 2.51. The SMILES string of the molecule is Brc1cccc(OCCSc2ccc3ccccc3c2)c1. The predicted octanol–water partition coefficient (Wildman–Crippen LogP) is 5.77. The second-order valence-electron chi connectivity index (χ2n) is 4.66. The molecule has 3 aromatic carbocycles. The number of thioether (sulfide) groups is 1. The number of hydrogen-bond acceptors (Lipinski definition) is 2. The van der Waals surface area contributed by atoms with Crippen molar-refractivity contribution in [1.29, 1.82) is 0 Å². The Morgan fingerprint density at radius 1 is 0.857 bits per heavy atom. The third-order valence-electron chi connectivity index (χ3n) is 3.14. The van der Waals surface area contributed by atoms with Gasteiger partial charge in [-0.25, -0.2) is 0 Å². The molecule has 0 unspecified atom stereocenters. The summed E-state index contributed by atoms with van der Waals surface area (Å²) >= 11 is 5.27. The minimum atomic E-state index is 0.702. The molecule has 0 aliphatic carbocycles. The second-order valence-corrected chi connectivity index (χ2v) is 6.75. The normalized spacial score (nSPS) is 10.7. The molecule has 0 amide bonds. The molecule has 106 valence electrons. The van der Waals surface area contributed by atoms with Crippen LogP contribution in [0.15, 0.2) is 76.1 Å². The smallest absolute Gasteiger partial charge is 0.120 e. The lowest BCUT2D eigenvalue weighted by Gasteiger charge is -2.07. The Balaban J connectivity index is 1.54. The molecular weight excluding hydrogens is 344 g/mol. The lowest BCUT2D eigenvalue weighted by molar-refractivity contribution is 0.344. The standard InChI is InChI=1S/C18H15BrOS/c19-16-6-3-7-17(13-16)20-10-11-21-18-9-8-14-4-1-2-5-15(14)12-18/h1-9,12-13H,10-11H2. The molecule has 0 heterocycles. The number of rotatable bonds is 5. The third kappa shape index (κ3) is 4.02. The zero-order valence-corrected chi connectivity index (χ0v) is 13.9. The summed E-state index contributed by atoms with van der Waals surface area (Å²) in [6, 6.07) is 23.0. The maximum Gasteiger partial charge on any atom is 0.120 e. The monoisotopic (exact) mass is 358 g/mol. The second kappa shape index (κ2) is 7.01. The van der Waals surface area contributed by atoms with Gasteiger partial charge in [0, 0.05) is 15.1 Å². The Kier molecular flexibility index (Phi) is 4.84. The van der Waals surface area contributed by atoms with Crippen LogP contribution in [0.25, 0.3) is 10.8 Å². The molecule has 0 radical (unpaired) electrons. The summed E-state index contributed by atoms with van der Waals surface area (Å²) in [6.45, 7) is 0.702. The highest BCUT2D eigenvalue weighted by Gasteiger charge is 1.99. The fourth-order valence-corrected chi connectivity index (χ4v) is 3.29. The zero-order valence-electron chi connectivity index (χ0n) is 11.5. The van der Waals surface area contributed by atoms with Gasteiger partial charge in [0.15, 0.2) is 0 Å². The summed E-state index contributed by atoms with van der Waals surface area (Å²) in [7, 11) is 0. The molecule has 21 heavy (non-hydrogen) atoms. The predicted molar refractivity (Wildman–Crippen MR) is 94.3 cm³/mol. The summed E-state index contributed by atoms with van der Waals surface area (Å²) in [4.78, 5) is 1.28. The van der Waals surface area contributed by atoms with Crippen molar-refractivity contribution in [2.24, 2.45) is 0 Å². The Hall–Kier alpha value is -1.45. The van der Waals surface area contributed by atoms with Gasteiger partial charge in [0.25, 0.3) is 0 Å². The van der Waals surface area contributed by atoms with E-state index in [-0.39, 0.29) is 0 Å². The number of fused-ring (bicyclic) bond motifs is 1. The first-order chi connectivity index (χ1) is 10.3. The van der Waals surface area contributed by atoms with Crippen LogP contribution < -0.4 is 4.74 Å². The van der Waals surface area contributed by atoms with Crippen LogP contribution in [0.3, 0.4) is 0 Å². The third-order valence-corrected chi connectivity index (χ3v) is 4.59. The number of benzene rings is 3. The van der Waals surface area contributed by atoms with E-state index in [1.54, 1.807) is 0 Å². The van der Waals surface area contributed by atoms with Gasteiger partial charge in [-0.05, 0) is 41.1 Å². The molecule has 0 aromatic heterocycles. The maximum atomic E-state index is 5.75. The fourth-order valence-electron chi connectivity index (χ4n) is 2.13. The van der Waals surface area contributed by atoms with Crippen molar-refractivity contribution in [3.63, 3.8) is 0 Å². The van der Waals surface area contributed by atoms with Crippen LogP contribution in [0.5, 0.6) is 5.75 Å². The van der Waals surface area contributed by atoms with E-state index in [9.17, 15) is 0 Å². The molecule has 0 fully saturated rings. The van der Waals surface area contributed by atoms with Gasteiger partial charge in [-0.2, -0.15) is 0 Å². The first kappa shape index (κ1) is 14.5. The van der Waals surface area contributed by atoms with Gasteiger partial charge < -0.3 is 4.74 Å². The topological polar surface area (TPSA) is 9.23 Å². The minimum Gasteiger partial charge on any atom is -0.493 e. The number of halogens is 1. The van der Waals surface area contributed by atoms with Crippen molar-refractivity contribution in [2.45, 2.75) is 4.90 Å². The molecule has 0 saturated heterocycles. The Labute approximate surface area is 137 Å². The van der Waals surface area contributed by atoms with Crippen molar-refractivity contribution in [3.8, 4) is 5.75 Å². The van der Waals surface area contributed by atoms with E-state index < -0.39 is 0 Å². The Morgan fingerprint density at radius 2 is 1.71 bits per heavy atom. The summed E-state index contributed by atoms with van der Waals surface area (Å²) < 4.78 is 6.79. The van der Waals surface area contributed by atoms with Crippen LogP contribution in [0.2, 0.25) is 0 Å². The first-order valence-electron chi connectivity index (χ1n) is 6.81. The van der Waals surface area contributed by atoms with Gasteiger partial charge in [0.05, 0.1) is 6.61 Å². The van der Waals surface area contributed by atoms with Gasteiger partial charge in [-0.1, -0.05) is 52.3 Å². The molecule has 0 aliphatic heterocycles. The fraction of sp³-hybridized carbons (Fsp3) is 0.111. The molecule has 3 rings (SSSR count). The van der Waals surface area contributed by atoms with Crippen LogP contribution in [0.4, 0.5) is 0 Å². The summed E-state index contributed by atoms with van der Waals surface area (Å²) in [6.07, 6.45) is 0. The molecule has 0 saturated carbocycles. The lowest BCUT2D eigenvalue weighted by Crippen LogP contribution is -1.99. The maximum absolute atomic E-state index is 5.75. The summed E-state index contributed by atoms with van der Waals surface area (Å²) in [5.41, 5.74) is 0. The number of hydrogen-bond donors (Lipinski definition) is 0. The number of ether oxygens (including phenoxy) is 1. The van der Waals surface area contributed by atoms with Gasteiger partial charge in [0.2, 0.25) is 0 Å². The molecule has 0 N–H and O–H groups in total. The van der Waals surface area contributed by atoms with E-state index in [0.29, 0.717) is 6.61 Å². The van der Waals surface area contributed by atoms with Crippen LogP contribution in [0.1, 0.15) is 0 Å². The summed E-state index contributed by atoms with van der Waals surface area (Å²) in [5, 5.41) is 2.57. The first-order valence-corrected chi connectivity index (χ1v) is 8.59. The van der Waals surface area contributed by atoms with E-state index in [1.165, 1.54) is 15.7 Å². The van der Waals surface area contributed by atoms with Crippen LogP contribution >= 0.6 is 27.7 Å².